The predicted octanol–water partition coefficient (Wildman–Crippen LogP) is 1.89. The monoisotopic (exact) mass is 208 g/mol. The number of hydrogen-bond donors (Lipinski definition) is 2. The van der Waals surface area contributed by atoms with E-state index in [1.807, 2.05) is 32.0 Å². The average molecular weight is 208 g/mol. The van der Waals surface area contributed by atoms with Gasteiger partial charge in [0.1, 0.15) is 0 Å². The molecule has 1 aromatic heterocycles. The summed E-state index contributed by atoms with van der Waals surface area (Å²) < 4.78 is 0. The van der Waals surface area contributed by atoms with Gasteiger partial charge in [-0.25, -0.2) is 0 Å². The van der Waals surface area contributed by atoms with Crippen molar-refractivity contribution in [3.05, 3.63) is 30.1 Å². The van der Waals surface area contributed by atoms with E-state index in [-0.39, 0.29) is 6.04 Å². The molecule has 0 aliphatic carbocycles. The molecule has 3 heteroatoms. The summed E-state index contributed by atoms with van der Waals surface area (Å²) in [5.74, 6) is 0. The van der Waals surface area contributed by atoms with E-state index in [1.54, 1.807) is 6.20 Å². The molecule has 2 N–H and O–H groups in total. The summed E-state index contributed by atoms with van der Waals surface area (Å²) in [6.45, 7) is 6.51. The predicted molar refractivity (Wildman–Crippen MR) is 61.6 cm³/mol. The first-order valence-corrected chi connectivity index (χ1v) is 5.36. The lowest BCUT2D eigenvalue weighted by atomic mass is 10.1. The van der Waals surface area contributed by atoms with E-state index < -0.39 is 5.60 Å². The zero-order valence-electron chi connectivity index (χ0n) is 9.70. The number of pyridine rings is 1. The summed E-state index contributed by atoms with van der Waals surface area (Å²) in [4.78, 5) is 4.27. The topological polar surface area (TPSA) is 45.1 Å². The SMILES string of the molecule is C[C@@H](NCCC(C)(C)O)c1ccccn1. The summed E-state index contributed by atoms with van der Waals surface area (Å²) in [6.07, 6.45) is 2.54. The molecular formula is C12H20N2O. The Balaban J connectivity index is 2.34. The van der Waals surface area contributed by atoms with Crippen LogP contribution in [0.1, 0.15) is 38.9 Å². The van der Waals surface area contributed by atoms with E-state index in [0.29, 0.717) is 0 Å². The van der Waals surface area contributed by atoms with Crippen LogP contribution in [-0.2, 0) is 0 Å². The standard InChI is InChI=1S/C12H20N2O/c1-10(11-6-4-5-8-14-11)13-9-7-12(2,3)15/h4-6,8,10,13,15H,7,9H2,1-3H3/t10-/m1/s1. The molecule has 0 fully saturated rings. The van der Waals surface area contributed by atoms with Crippen LogP contribution in [0.3, 0.4) is 0 Å². The molecule has 0 saturated carbocycles. The molecule has 1 atom stereocenters. The highest BCUT2D eigenvalue weighted by atomic mass is 16.3. The quantitative estimate of drug-likeness (QED) is 0.776. The van der Waals surface area contributed by atoms with Crippen LogP contribution in [-0.4, -0.2) is 22.2 Å². The summed E-state index contributed by atoms with van der Waals surface area (Å²) in [5.41, 5.74) is 0.435. The van der Waals surface area contributed by atoms with Crippen molar-refractivity contribution >= 4 is 0 Å². The van der Waals surface area contributed by atoms with Crippen LogP contribution in [0.4, 0.5) is 0 Å². The highest BCUT2D eigenvalue weighted by Gasteiger charge is 2.12. The Bertz CT molecular complexity index is 279. The fraction of sp³-hybridized carbons (Fsp3) is 0.583. The molecule has 1 rings (SSSR count). The third-order valence-electron chi connectivity index (χ3n) is 2.32. The smallest absolute Gasteiger partial charge is 0.0603 e. The minimum atomic E-state index is -0.600. The average Bonchev–Trinajstić information content (AvgIpc) is 2.17. The molecule has 0 radical (unpaired) electrons. The molecule has 0 unspecified atom stereocenters. The molecule has 0 aliphatic rings. The van der Waals surface area contributed by atoms with Crippen molar-refractivity contribution in [3.63, 3.8) is 0 Å². The van der Waals surface area contributed by atoms with Crippen LogP contribution < -0.4 is 5.32 Å². The van der Waals surface area contributed by atoms with E-state index >= 15 is 0 Å². The maximum atomic E-state index is 9.55. The van der Waals surface area contributed by atoms with Crippen LogP contribution in [0.15, 0.2) is 24.4 Å². The second-order valence-electron chi connectivity index (χ2n) is 4.49. The lowest BCUT2D eigenvalue weighted by Gasteiger charge is -2.19. The van der Waals surface area contributed by atoms with Gasteiger partial charge >= 0.3 is 0 Å². The number of rotatable bonds is 5. The van der Waals surface area contributed by atoms with Gasteiger partial charge in [-0.1, -0.05) is 6.07 Å². The van der Waals surface area contributed by atoms with Crippen molar-refractivity contribution in [2.45, 2.75) is 38.8 Å². The number of aromatic nitrogens is 1. The van der Waals surface area contributed by atoms with Gasteiger partial charge in [-0.05, 0) is 45.9 Å². The van der Waals surface area contributed by atoms with Crippen molar-refractivity contribution in [1.29, 1.82) is 0 Å². The van der Waals surface area contributed by atoms with Gasteiger partial charge in [-0.2, -0.15) is 0 Å². The molecule has 0 saturated heterocycles. The largest absolute Gasteiger partial charge is 0.390 e. The molecule has 15 heavy (non-hydrogen) atoms. The van der Waals surface area contributed by atoms with Crippen molar-refractivity contribution in [3.8, 4) is 0 Å². The second kappa shape index (κ2) is 5.24. The maximum absolute atomic E-state index is 9.55. The van der Waals surface area contributed by atoms with Gasteiger partial charge < -0.3 is 10.4 Å². The van der Waals surface area contributed by atoms with Gasteiger partial charge in [-0.15, -0.1) is 0 Å². The van der Waals surface area contributed by atoms with Crippen molar-refractivity contribution in [1.82, 2.24) is 10.3 Å². The zero-order valence-corrected chi connectivity index (χ0v) is 9.70. The minimum absolute atomic E-state index is 0.230. The first-order chi connectivity index (χ1) is 6.99. The highest BCUT2D eigenvalue weighted by molar-refractivity contribution is 5.07. The van der Waals surface area contributed by atoms with E-state index in [4.69, 9.17) is 0 Å². The summed E-state index contributed by atoms with van der Waals surface area (Å²) in [7, 11) is 0. The number of nitrogens with zero attached hydrogens (tertiary/aromatic N) is 1. The van der Waals surface area contributed by atoms with Crippen molar-refractivity contribution < 1.29 is 5.11 Å². The molecule has 84 valence electrons. The highest BCUT2D eigenvalue weighted by Crippen LogP contribution is 2.10. The van der Waals surface area contributed by atoms with Gasteiger partial charge in [0.15, 0.2) is 0 Å². The Morgan fingerprint density at radius 3 is 2.73 bits per heavy atom. The molecule has 3 nitrogen and oxygen atoms in total. The van der Waals surface area contributed by atoms with E-state index in [0.717, 1.165) is 18.7 Å². The number of nitrogens with one attached hydrogen (secondary N) is 1. The maximum Gasteiger partial charge on any atom is 0.0603 e. The molecular weight excluding hydrogens is 188 g/mol. The summed E-state index contributed by atoms with van der Waals surface area (Å²) in [6, 6.07) is 6.12. The number of hydrogen-bond acceptors (Lipinski definition) is 3. The lowest BCUT2D eigenvalue weighted by Crippen LogP contribution is -2.28. The Kier molecular flexibility index (Phi) is 4.24. The van der Waals surface area contributed by atoms with Gasteiger partial charge in [0.05, 0.1) is 11.3 Å². The molecule has 1 aromatic rings. The molecule has 0 aliphatic heterocycles. The number of aliphatic hydroxyl groups is 1. The normalized spacial score (nSPS) is 13.9. The van der Waals surface area contributed by atoms with Gasteiger partial charge in [0, 0.05) is 12.2 Å². The van der Waals surface area contributed by atoms with E-state index in [2.05, 4.69) is 17.2 Å². The third-order valence-corrected chi connectivity index (χ3v) is 2.32. The summed E-state index contributed by atoms with van der Waals surface area (Å²) in [5, 5.41) is 12.9. The summed E-state index contributed by atoms with van der Waals surface area (Å²) >= 11 is 0. The first kappa shape index (κ1) is 12.1. The van der Waals surface area contributed by atoms with Crippen LogP contribution in [0, 0.1) is 0 Å². The molecule has 0 bridgehead atoms. The van der Waals surface area contributed by atoms with E-state index in [9.17, 15) is 5.11 Å². The van der Waals surface area contributed by atoms with E-state index in [1.165, 1.54) is 0 Å². The van der Waals surface area contributed by atoms with Crippen LogP contribution in [0.5, 0.6) is 0 Å². The fourth-order valence-corrected chi connectivity index (χ4v) is 1.33. The Labute approximate surface area is 91.5 Å². The Morgan fingerprint density at radius 2 is 2.20 bits per heavy atom. The van der Waals surface area contributed by atoms with Crippen molar-refractivity contribution in [2.75, 3.05) is 6.54 Å². The molecule has 0 aromatic carbocycles. The van der Waals surface area contributed by atoms with Crippen LogP contribution in [0.2, 0.25) is 0 Å². The Morgan fingerprint density at radius 1 is 1.47 bits per heavy atom. The van der Waals surface area contributed by atoms with Crippen molar-refractivity contribution in [2.24, 2.45) is 0 Å². The minimum Gasteiger partial charge on any atom is -0.390 e. The van der Waals surface area contributed by atoms with Gasteiger partial charge in [0.2, 0.25) is 0 Å². The first-order valence-electron chi connectivity index (χ1n) is 5.36. The van der Waals surface area contributed by atoms with Gasteiger partial charge in [-0.3, -0.25) is 4.98 Å². The lowest BCUT2D eigenvalue weighted by molar-refractivity contribution is 0.0705. The van der Waals surface area contributed by atoms with Crippen LogP contribution >= 0.6 is 0 Å². The second-order valence-corrected chi connectivity index (χ2v) is 4.49. The zero-order chi connectivity index (χ0) is 11.3. The molecule has 1 heterocycles. The fourth-order valence-electron chi connectivity index (χ4n) is 1.33. The molecule has 0 spiro atoms. The van der Waals surface area contributed by atoms with Gasteiger partial charge in [0.25, 0.3) is 0 Å². The Hall–Kier alpha value is -0.930. The van der Waals surface area contributed by atoms with Crippen LogP contribution in [0.25, 0.3) is 0 Å². The molecule has 0 amide bonds. The third kappa shape index (κ3) is 4.91.